The first-order chi connectivity index (χ1) is 13.5. The Bertz CT molecular complexity index is 1050. The molecule has 4 heterocycles. The summed E-state index contributed by atoms with van der Waals surface area (Å²) in [6, 6.07) is 1.51. The third-order valence-electron chi connectivity index (χ3n) is 6.71. The van der Waals surface area contributed by atoms with Crippen molar-refractivity contribution in [3.8, 4) is 0 Å². The van der Waals surface area contributed by atoms with Crippen LogP contribution >= 0.6 is 12.4 Å². The van der Waals surface area contributed by atoms with Crippen LogP contribution in [0.1, 0.15) is 46.7 Å². The standard InChI is InChI=1S/C21H24FN3O3.ClH/c1-11-18-15(12-2-3-12)6-16(21(27)28)20(26)25(18)10-17(22)19(11)24-5-4-13-7-23-8-14(13)9-24;/h6,10,12-14,23H,2-5,7-9H2,1H3,(H,27,28);1H. The predicted molar refractivity (Wildman–Crippen MR) is 111 cm³/mol. The van der Waals surface area contributed by atoms with E-state index in [4.69, 9.17) is 0 Å². The first kappa shape index (κ1) is 20.2. The Kier molecular flexibility index (Phi) is 5.07. The van der Waals surface area contributed by atoms with E-state index in [9.17, 15) is 14.7 Å². The van der Waals surface area contributed by atoms with Gasteiger partial charge in [-0.3, -0.25) is 9.20 Å². The number of fused-ring (bicyclic) bond motifs is 2. The van der Waals surface area contributed by atoms with Gasteiger partial charge in [-0.1, -0.05) is 0 Å². The molecule has 5 rings (SSSR count). The molecule has 0 spiro atoms. The van der Waals surface area contributed by atoms with Gasteiger partial charge in [-0.2, -0.15) is 0 Å². The van der Waals surface area contributed by atoms with Gasteiger partial charge in [-0.25, -0.2) is 9.18 Å². The lowest BCUT2D eigenvalue weighted by atomic mass is 9.88. The number of aromatic nitrogens is 1. The predicted octanol–water partition coefficient (Wildman–Crippen LogP) is 2.79. The van der Waals surface area contributed by atoms with Crippen LogP contribution in [0, 0.1) is 24.6 Å². The van der Waals surface area contributed by atoms with Crippen molar-refractivity contribution in [1.82, 2.24) is 9.72 Å². The fraction of sp³-hybridized carbons (Fsp3) is 0.524. The van der Waals surface area contributed by atoms with Gasteiger partial charge in [-0.15, -0.1) is 12.4 Å². The van der Waals surface area contributed by atoms with Crippen molar-refractivity contribution in [2.24, 2.45) is 11.8 Å². The van der Waals surface area contributed by atoms with Crippen LogP contribution in [-0.2, 0) is 0 Å². The van der Waals surface area contributed by atoms with Crippen LogP contribution in [0.3, 0.4) is 0 Å². The lowest BCUT2D eigenvalue weighted by Crippen LogP contribution is -2.41. The zero-order valence-corrected chi connectivity index (χ0v) is 17.1. The fourth-order valence-corrected chi connectivity index (χ4v) is 5.13. The van der Waals surface area contributed by atoms with Gasteiger partial charge >= 0.3 is 5.97 Å². The number of hydrogen-bond donors (Lipinski definition) is 2. The maximum atomic E-state index is 15.2. The summed E-state index contributed by atoms with van der Waals surface area (Å²) in [5, 5.41) is 12.8. The van der Waals surface area contributed by atoms with Crippen molar-refractivity contribution in [3.05, 3.63) is 45.1 Å². The Hall–Kier alpha value is -2.12. The minimum atomic E-state index is -1.26. The van der Waals surface area contributed by atoms with Crippen LogP contribution in [-0.4, -0.2) is 41.7 Å². The molecular formula is C21H25ClFN3O3. The molecule has 2 aromatic rings. The molecule has 1 aliphatic carbocycles. The number of piperidine rings is 1. The van der Waals surface area contributed by atoms with Crippen LogP contribution in [0.5, 0.6) is 0 Å². The second kappa shape index (κ2) is 7.29. The van der Waals surface area contributed by atoms with Gasteiger partial charge < -0.3 is 15.3 Å². The minimum absolute atomic E-state index is 0. The lowest BCUT2D eigenvalue weighted by molar-refractivity contribution is 0.0694. The highest BCUT2D eigenvalue weighted by Gasteiger charge is 2.35. The summed E-state index contributed by atoms with van der Waals surface area (Å²) in [4.78, 5) is 26.3. The molecule has 3 aliphatic rings. The molecule has 156 valence electrons. The average molecular weight is 422 g/mol. The molecule has 29 heavy (non-hydrogen) atoms. The molecule has 2 aliphatic heterocycles. The maximum absolute atomic E-state index is 15.2. The zero-order valence-electron chi connectivity index (χ0n) is 16.3. The van der Waals surface area contributed by atoms with E-state index in [1.807, 2.05) is 6.92 Å². The van der Waals surface area contributed by atoms with Crippen LogP contribution in [0.4, 0.5) is 10.1 Å². The number of carboxylic acid groups (broad SMARTS) is 1. The van der Waals surface area contributed by atoms with Crippen LogP contribution in [0.25, 0.3) is 5.52 Å². The van der Waals surface area contributed by atoms with Gasteiger partial charge in [0, 0.05) is 13.1 Å². The molecule has 3 fully saturated rings. The number of anilines is 1. The number of halogens is 2. The molecule has 2 unspecified atom stereocenters. The average Bonchev–Trinajstić information content (AvgIpc) is 3.39. The Morgan fingerprint density at radius 3 is 2.66 bits per heavy atom. The Morgan fingerprint density at radius 2 is 1.97 bits per heavy atom. The Labute approximate surface area is 174 Å². The van der Waals surface area contributed by atoms with Crippen molar-refractivity contribution in [1.29, 1.82) is 0 Å². The van der Waals surface area contributed by atoms with E-state index >= 15 is 4.39 Å². The zero-order chi connectivity index (χ0) is 19.6. The van der Waals surface area contributed by atoms with E-state index in [-0.39, 0.29) is 23.9 Å². The van der Waals surface area contributed by atoms with Gasteiger partial charge in [-0.05, 0) is 74.2 Å². The SMILES string of the molecule is Cc1c(N2CCC3CNCC3C2)c(F)cn2c(=O)c(C(=O)O)cc(C3CC3)c12.Cl. The number of aromatic carboxylic acids is 1. The summed E-state index contributed by atoms with van der Waals surface area (Å²) in [5.74, 6) is -0.304. The molecule has 0 aromatic carbocycles. The summed E-state index contributed by atoms with van der Waals surface area (Å²) in [6.45, 7) is 5.47. The van der Waals surface area contributed by atoms with E-state index in [1.165, 1.54) is 16.7 Å². The Balaban J connectivity index is 0.00000205. The summed E-state index contributed by atoms with van der Waals surface area (Å²) in [6.07, 6.45) is 4.16. The third kappa shape index (κ3) is 3.20. The molecule has 6 nitrogen and oxygen atoms in total. The highest BCUT2D eigenvalue weighted by Crippen LogP contribution is 2.44. The van der Waals surface area contributed by atoms with E-state index in [0.29, 0.717) is 23.0 Å². The van der Waals surface area contributed by atoms with E-state index in [0.717, 1.165) is 56.6 Å². The number of aryl methyl sites for hydroxylation is 1. The molecule has 0 bridgehead atoms. The second-order valence-electron chi connectivity index (χ2n) is 8.48. The number of pyridine rings is 2. The molecule has 0 radical (unpaired) electrons. The summed E-state index contributed by atoms with van der Waals surface area (Å²) in [7, 11) is 0. The van der Waals surface area contributed by atoms with E-state index in [1.54, 1.807) is 0 Å². The molecule has 2 aromatic heterocycles. The van der Waals surface area contributed by atoms with Crippen LogP contribution in [0.2, 0.25) is 0 Å². The maximum Gasteiger partial charge on any atom is 0.341 e. The van der Waals surface area contributed by atoms with Gasteiger partial charge in [0.1, 0.15) is 5.56 Å². The van der Waals surface area contributed by atoms with Crippen molar-refractivity contribution in [2.45, 2.75) is 32.1 Å². The van der Waals surface area contributed by atoms with Gasteiger partial charge in [0.05, 0.1) is 17.4 Å². The monoisotopic (exact) mass is 421 g/mol. The van der Waals surface area contributed by atoms with Gasteiger partial charge in [0.2, 0.25) is 0 Å². The smallest absolute Gasteiger partial charge is 0.341 e. The first-order valence-corrected chi connectivity index (χ1v) is 10.0. The molecule has 1 saturated carbocycles. The van der Waals surface area contributed by atoms with Crippen LogP contribution in [0.15, 0.2) is 17.1 Å². The number of nitrogens with one attached hydrogen (secondary N) is 1. The first-order valence-electron chi connectivity index (χ1n) is 10.0. The summed E-state index contributed by atoms with van der Waals surface area (Å²) in [5.41, 5.74) is 1.88. The van der Waals surface area contributed by atoms with Gasteiger partial charge in [0.15, 0.2) is 5.82 Å². The number of nitrogens with zero attached hydrogens (tertiary/aromatic N) is 2. The van der Waals surface area contributed by atoms with Crippen molar-refractivity contribution in [2.75, 3.05) is 31.1 Å². The van der Waals surface area contributed by atoms with Gasteiger partial charge in [0.25, 0.3) is 5.56 Å². The molecular weight excluding hydrogens is 397 g/mol. The van der Waals surface area contributed by atoms with Crippen molar-refractivity contribution >= 4 is 29.6 Å². The quantitative estimate of drug-likeness (QED) is 0.797. The topological polar surface area (TPSA) is 74.0 Å². The normalized spacial score (nSPS) is 23.7. The minimum Gasteiger partial charge on any atom is -0.477 e. The summed E-state index contributed by atoms with van der Waals surface area (Å²) >= 11 is 0. The third-order valence-corrected chi connectivity index (χ3v) is 6.71. The van der Waals surface area contributed by atoms with E-state index < -0.39 is 17.3 Å². The fourth-order valence-electron chi connectivity index (χ4n) is 5.13. The largest absolute Gasteiger partial charge is 0.477 e. The molecule has 0 amide bonds. The number of carbonyl (C=O) groups is 1. The molecule has 8 heteroatoms. The molecule has 2 atom stereocenters. The summed E-state index contributed by atoms with van der Waals surface area (Å²) < 4.78 is 16.4. The van der Waals surface area contributed by atoms with Crippen molar-refractivity contribution in [3.63, 3.8) is 0 Å². The van der Waals surface area contributed by atoms with Crippen molar-refractivity contribution < 1.29 is 14.3 Å². The lowest BCUT2D eigenvalue weighted by Gasteiger charge is -2.37. The number of carboxylic acids is 1. The molecule has 2 N–H and O–H groups in total. The van der Waals surface area contributed by atoms with E-state index in [2.05, 4.69) is 10.2 Å². The number of rotatable bonds is 3. The highest BCUT2D eigenvalue weighted by atomic mass is 35.5. The number of hydrogen-bond acceptors (Lipinski definition) is 4. The highest BCUT2D eigenvalue weighted by molar-refractivity contribution is 5.89. The Morgan fingerprint density at radius 1 is 1.24 bits per heavy atom. The van der Waals surface area contributed by atoms with Crippen LogP contribution < -0.4 is 15.8 Å². The second-order valence-corrected chi connectivity index (χ2v) is 8.48. The molecule has 2 saturated heterocycles.